The van der Waals surface area contributed by atoms with Crippen molar-refractivity contribution in [2.24, 2.45) is 0 Å². The maximum absolute atomic E-state index is 13.6. The number of benzene rings is 3. The molecule has 1 unspecified atom stereocenters. The van der Waals surface area contributed by atoms with E-state index in [2.05, 4.69) is 10.6 Å². The summed E-state index contributed by atoms with van der Waals surface area (Å²) in [5.74, 6) is -0.819. The summed E-state index contributed by atoms with van der Waals surface area (Å²) in [5.41, 5.74) is 2.43. The summed E-state index contributed by atoms with van der Waals surface area (Å²) >= 11 is 0. The fraction of sp³-hybridized carbons (Fsp3) is 0.192. The number of hydrogen-bond acceptors (Lipinski definition) is 3. The molecule has 1 heterocycles. The van der Waals surface area contributed by atoms with Crippen LogP contribution in [0.1, 0.15) is 22.3 Å². The SMILES string of the molecule is Cc1ccc(CNC(=O)CN2C(=O)NC(Cc3ccccc3)(c3ccccc3)C2=O)cc1. The average molecular weight is 428 g/mol. The van der Waals surface area contributed by atoms with Crippen LogP contribution in [0.5, 0.6) is 0 Å². The first kappa shape index (κ1) is 21.3. The topological polar surface area (TPSA) is 78.5 Å². The van der Waals surface area contributed by atoms with Gasteiger partial charge in [0, 0.05) is 13.0 Å². The van der Waals surface area contributed by atoms with Gasteiger partial charge in [-0.05, 0) is 23.6 Å². The van der Waals surface area contributed by atoms with Crippen molar-refractivity contribution >= 4 is 17.8 Å². The van der Waals surface area contributed by atoms with Crippen molar-refractivity contribution < 1.29 is 14.4 Å². The summed E-state index contributed by atoms with van der Waals surface area (Å²) in [6.07, 6.45) is 0.296. The quantitative estimate of drug-likeness (QED) is 0.568. The summed E-state index contributed by atoms with van der Waals surface area (Å²) in [7, 11) is 0. The molecule has 1 saturated heterocycles. The normalized spacial score (nSPS) is 17.8. The van der Waals surface area contributed by atoms with Crippen LogP contribution >= 0.6 is 0 Å². The number of carbonyl (C=O) groups is 3. The number of hydrogen-bond donors (Lipinski definition) is 2. The second-order valence-corrected chi connectivity index (χ2v) is 8.02. The Hall–Kier alpha value is -3.93. The first-order chi connectivity index (χ1) is 15.5. The van der Waals surface area contributed by atoms with Gasteiger partial charge in [0.05, 0.1) is 0 Å². The molecule has 0 aromatic heterocycles. The number of rotatable bonds is 7. The van der Waals surface area contributed by atoms with Crippen LogP contribution in [0.4, 0.5) is 4.79 Å². The first-order valence-electron chi connectivity index (χ1n) is 10.5. The number of urea groups is 1. The van der Waals surface area contributed by atoms with Crippen LogP contribution in [-0.2, 0) is 28.1 Å². The van der Waals surface area contributed by atoms with Crippen molar-refractivity contribution in [2.75, 3.05) is 6.54 Å². The van der Waals surface area contributed by atoms with Crippen LogP contribution in [-0.4, -0.2) is 29.3 Å². The van der Waals surface area contributed by atoms with Crippen molar-refractivity contribution in [3.63, 3.8) is 0 Å². The number of carbonyl (C=O) groups excluding carboxylic acids is 3. The molecule has 162 valence electrons. The molecular formula is C26H25N3O3. The standard InChI is InChI=1S/C26H25N3O3/c1-19-12-14-21(15-13-19)17-27-23(30)18-29-24(31)26(28-25(29)32,22-10-6-3-7-11-22)16-20-8-4-2-5-9-20/h2-15H,16-18H2,1H3,(H,27,30)(H,28,32). The van der Waals surface area contributed by atoms with Crippen molar-refractivity contribution in [1.82, 2.24) is 15.5 Å². The van der Waals surface area contributed by atoms with Crippen LogP contribution < -0.4 is 10.6 Å². The molecule has 3 aromatic carbocycles. The highest BCUT2D eigenvalue weighted by molar-refractivity contribution is 6.09. The summed E-state index contributed by atoms with van der Waals surface area (Å²) in [5, 5.41) is 5.67. The van der Waals surface area contributed by atoms with Gasteiger partial charge < -0.3 is 10.6 Å². The van der Waals surface area contributed by atoms with Gasteiger partial charge >= 0.3 is 6.03 Å². The highest BCUT2D eigenvalue weighted by atomic mass is 16.2. The zero-order chi connectivity index (χ0) is 22.6. The Morgan fingerprint density at radius 3 is 2.16 bits per heavy atom. The minimum absolute atomic E-state index is 0.296. The molecule has 0 aliphatic carbocycles. The van der Waals surface area contributed by atoms with Crippen molar-refractivity contribution in [1.29, 1.82) is 0 Å². The maximum Gasteiger partial charge on any atom is 0.325 e. The van der Waals surface area contributed by atoms with E-state index >= 15 is 0 Å². The highest BCUT2D eigenvalue weighted by Gasteiger charge is 2.52. The van der Waals surface area contributed by atoms with E-state index in [-0.39, 0.29) is 6.54 Å². The monoisotopic (exact) mass is 427 g/mol. The molecule has 1 aliphatic rings. The fourth-order valence-electron chi connectivity index (χ4n) is 3.92. The predicted octanol–water partition coefficient (Wildman–Crippen LogP) is 3.30. The Kier molecular flexibility index (Phi) is 6.03. The van der Waals surface area contributed by atoms with E-state index in [1.807, 2.05) is 91.9 Å². The second kappa shape index (κ2) is 9.06. The van der Waals surface area contributed by atoms with E-state index in [4.69, 9.17) is 0 Å². The second-order valence-electron chi connectivity index (χ2n) is 8.02. The summed E-state index contributed by atoms with van der Waals surface area (Å²) in [6, 6.07) is 25.9. The van der Waals surface area contributed by atoms with Crippen LogP contribution in [0.25, 0.3) is 0 Å². The lowest BCUT2D eigenvalue weighted by Gasteiger charge is -2.27. The van der Waals surface area contributed by atoms with Crippen molar-refractivity contribution in [3.05, 3.63) is 107 Å². The summed E-state index contributed by atoms with van der Waals surface area (Å²) in [6.45, 7) is 1.99. The molecule has 4 rings (SSSR count). The Bertz CT molecular complexity index is 1110. The minimum Gasteiger partial charge on any atom is -0.350 e. The summed E-state index contributed by atoms with van der Waals surface area (Å²) in [4.78, 5) is 39.9. The largest absolute Gasteiger partial charge is 0.350 e. The lowest BCUT2D eigenvalue weighted by Crippen LogP contribution is -2.46. The van der Waals surface area contributed by atoms with Gasteiger partial charge in [-0.3, -0.25) is 14.5 Å². The predicted molar refractivity (Wildman–Crippen MR) is 122 cm³/mol. The molecule has 2 N–H and O–H groups in total. The van der Waals surface area contributed by atoms with E-state index in [1.165, 1.54) is 0 Å². The Morgan fingerprint density at radius 2 is 1.50 bits per heavy atom. The van der Waals surface area contributed by atoms with Gasteiger partial charge in [-0.1, -0.05) is 90.5 Å². The van der Waals surface area contributed by atoms with Crippen LogP contribution in [0.2, 0.25) is 0 Å². The molecule has 0 bridgehead atoms. The number of aryl methyl sites for hydroxylation is 1. The number of amides is 4. The third-order valence-electron chi connectivity index (χ3n) is 5.67. The van der Waals surface area contributed by atoms with E-state index in [9.17, 15) is 14.4 Å². The minimum atomic E-state index is -1.25. The van der Waals surface area contributed by atoms with Gasteiger partial charge in [0.1, 0.15) is 6.54 Å². The third kappa shape index (κ3) is 4.39. The lowest BCUT2D eigenvalue weighted by molar-refractivity contribution is -0.135. The van der Waals surface area contributed by atoms with Gasteiger partial charge in [0.15, 0.2) is 5.54 Å². The molecule has 3 aromatic rings. The molecule has 0 saturated carbocycles. The van der Waals surface area contributed by atoms with Crippen molar-refractivity contribution in [3.8, 4) is 0 Å². The fourth-order valence-corrected chi connectivity index (χ4v) is 3.92. The Balaban J connectivity index is 1.53. The first-order valence-corrected chi connectivity index (χ1v) is 10.5. The Morgan fingerprint density at radius 1 is 0.875 bits per heavy atom. The van der Waals surface area contributed by atoms with E-state index in [0.717, 1.165) is 21.6 Å². The highest BCUT2D eigenvalue weighted by Crippen LogP contribution is 2.32. The van der Waals surface area contributed by atoms with Crippen molar-refractivity contribution in [2.45, 2.75) is 25.4 Å². The van der Waals surface area contributed by atoms with Crippen LogP contribution in [0.3, 0.4) is 0 Å². The average Bonchev–Trinajstić information content (AvgIpc) is 3.05. The van der Waals surface area contributed by atoms with Gasteiger partial charge in [0.25, 0.3) is 5.91 Å². The van der Waals surface area contributed by atoms with Gasteiger partial charge in [0.2, 0.25) is 5.91 Å². The zero-order valence-corrected chi connectivity index (χ0v) is 17.9. The third-order valence-corrected chi connectivity index (χ3v) is 5.67. The molecule has 1 atom stereocenters. The van der Waals surface area contributed by atoms with Gasteiger partial charge in [-0.2, -0.15) is 0 Å². The molecular weight excluding hydrogens is 402 g/mol. The Labute approximate surface area is 187 Å². The molecule has 0 radical (unpaired) electrons. The molecule has 1 aliphatic heterocycles. The van der Waals surface area contributed by atoms with Crippen LogP contribution in [0, 0.1) is 6.92 Å². The zero-order valence-electron chi connectivity index (χ0n) is 17.9. The number of nitrogens with zero attached hydrogens (tertiary/aromatic N) is 1. The lowest BCUT2D eigenvalue weighted by atomic mass is 9.83. The molecule has 32 heavy (non-hydrogen) atoms. The smallest absolute Gasteiger partial charge is 0.325 e. The molecule has 4 amide bonds. The van der Waals surface area contributed by atoms with E-state index < -0.39 is 23.4 Å². The molecule has 1 fully saturated rings. The molecule has 6 nitrogen and oxygen atoms in total. The number of nitrogens with one attached hydrogen (secondary N) is 2. The molecule has 6 heteroatoms. The maximum atomic E-state index is 13.6. The number of imide groups is 1. The summed E-state index contributed by atoms with van der Waals surface area (Å²) < 4.78 is 0. The van der Waals surface area contributed by atoms with E-state index in [0.29, 0.717) is 18.5 Å². The van der Waals surface area contributed by atoms with Gasteiger partial charge in [-0.15, -0.1) is 0 Å². The molecule has 0 spiro atoms. The van der Waals surface area contributed by atoms with Crippen LogP contribution in [0.15, 0.2) is 84.9 Å². The van der Waals surface area contributed by atoms with E-state index in [1.54, 1.807) is 0 Å². The van der Waals surface area contributed by atoms with Gasteiger partial charge in [-0.25, -0.2) is 4.79 Å².